The van der Waals surface area contributed by atoms with Crippen LogP contribution < -0.4 is 4.74 Å². The zero-order chi connectivity index (χ0) is 13.2. The van der Waals surface area contributed by atoms with Crippen molar-refractivity contribution in [2.24, 2.45) is 0 Å². The van der Waals surface area contributed by atoms with Crippen LogP contribution in [0.5, 0.6) is 0 Å². The van der Waals surface area contributed by atoms with Gasteiger partial charge in [-0.15, -0.1) is 0 Å². The first-order chi connectivity index (χ1) is 8.60. The first-order valence-corrected chi connectivity index (χ1v) is 6.38. The van der Waals surface area contributed by atoms with Gasteiger partial charge in [0, 0.05) is 19.8 Å². The molecule has 2 rings (SSSR count). The predicted molar refractivity (Wildman–Crippen MR) is 68.5 cm³/mol. The highest BCUT2D eigenvalue weighted by atomic mass is 19.1. The Bertz CT molecular complexity index is 529. The summed E-state index contributed by atoms with van der Waals surface area (Å²) in [6.45, 7) is 6.39. The Morgan fingerprint density at radius 2 is 1.83 bits per heavy atom. The average Bonchev–Trinajstić information content (AvgIpc) is 2.88. The van der Waals surface area contributed by atoms with Crippen molar-refractivity contribution in [3.05, 3.63) is 42.3 Å². The van der Waals surface area contributed by atoms with Gasteiger partial charge in [0.2, 0.25) is 17.5 Å². The van der Waals surface area contributed by atoms with Gasteiger partial charge in [-0.1, -0.05) is 26.0 Å². The summed E-state index contributed by atoms with van der Waals surface area (Å²) in [6, 6.07) is 8.49. The minimum Gasteiger partial charge on any atom is -0.236 e. The normalized spacial score (nSPS) is 11.8. The third-order valence-electron chi connectivity index (χ3n) is 3.75. The van der Waals surface area contributed by atoms with Crippen molar-refractivity contribution < 1.29 is 13.7 Å². The Morgan fingerprint density at radius 1 is 1.17 bits per heavy atom. The summed E-state index contributed by atoms with van der Waals surface area (Å²) < 4.78 is 21.3. The molecule has 3 heteroatoms. The lowest BCUT2D eigenvalue weighted by atomic mass is 9.96. The van der Waals surface area contributed by atoms with Gasteiger partial charge in [0.25, 0.3) is 0 Å². The van der Waals surface area contributed by atoms with Crippen molar-refractivity contribution in [1.82, 2.24) is 0 Å². The van der Waals surface area contributed by atoms with Crippen LogP contribution in [0.25, 0.3) is 11.3 Å². The molecule has 2 aromatic rings. The second kappa shape index (κ2) is 4.92. The second-order valence-corrected chi connectivity index (χ2v) is 4.78. The van der Waals surface area contributed by atoms with Gasteiger partial charge < -0.3 is 0 Å². The molecule has 0 saturated carbocycles. The molecule has 0 aliphatic rings. The fourth-order valence-electron chi connectivity index (χ4n) is 1.95. The highest BCUT2D eigenvalue weighted by molar-refractivity contribution is 5.56. The van der Waals surface area contributed by atoms with Crippen LogP contribution >= 0.6 is 0 Å². The predicted octanol–water partition coefficient (Wildman–Crippen LogP) is 3.91. The molecule has 2 nitrogen and oxygen atoms in total. The van der Waals surface area contributed by atoms with Crippen molar-refractivity contribution in [2.75, 3.05) is 0 Å². The monoisotopic (exact) mass is 248 g/mol. The summed E-state index contributed by atoms with van der Waals surface area (Å²) in [5.74, 6) is 0.315. The molecule has 0 unspecified atom stereocenters. The largest absolute Gasteiger partial charge is 0.236 e. The number of nitrogens with zero attached hydrogens (tertiary/aromatic N) is 1. The van der Waals surface area contributed by atoms with Crippen LogP contribution in [0, 0.1) is 5.82 Å². The molecule has 0 bridgehead atoms. The highest BCUT2D eigenvalue weighted by Crippen LogP contribution is 2.24. The lowest BCUT2D eigenvalue weighted by Crippen LogP contribution is -2.51. The van der Waals surface area contributed by atoms with Gasteiger partial charge in [-0.2, -0.15) is 0 Å². The fraction of sp³-hybridized carbons (Fsp3) is 0.400. The Labute approximate surface area is 107 Å². The van der Waals surface area contributed by atoms with Gasteiger partial charge in [0.15, 0.2) is 0 Å². The topological polar surface area (TPSA) is 17.0 Å². The highest BCUT2D eigenvalue weighted by Gasteiger charge is 2.34. The van der Waals surface area contributed by atoms with Crippen LogP contribution in [-0.4, -0.2) is 0 Å². The molecule has 18 heavy (non-hydrogen) atoms. The zero-order valence-electron chi connectivity index (χ0n) is 11.1. The summed E-state index contributed by atoms with van der Waals surface area (Å²) in [6.07, 6.45) is 3.82. The first-order valence-electron chi connectivity index (χ1n) is 6.38. The van der Waals surface area contributed by atoms with Gasteiger partial charge in [-0.3, -0.25) is 0 Å². The summed E-state index contributed by atoms with van der Waals surface area (Å²) in [4.78, 5) is 0. The Balaban J connectivity index is 2.40. The number of hydrogen-bond acceptors (Lipinski definition) is 1. The van der Waals surface area contributed by atoms with Crippen LogP contribution in [0.4, 0.5) is 4.39 Å². The lowest BCUT2D eigenvalue weighted by Gasteiger charge is -2.15. The van der Waals surface area contributed by atoms with E-state index < -0.39 is 0 Å². The molecule has 0 aliphatic heterocycles. The van der Waals surface area contributed by atoms with Crippen molar-refractivity contribution >= 4 is 0 Å². The Hall–Kier alpha value is -1.64. The molecular formula is C15H19FNO+. The van der Waals surface area contributed by atoms with E-state index >= 15 is 0 Å². The van der Waals surface area contributed by atoms with Crippen LogP contribution in [0.15, 0.2) is 41.1 Å². The van der Waals surface area contributed by atoms with E-state index in [2.05, 4.69) is 20.8 Å². The van der Waals surface area contributed by atoms with E-state index in [4.69, 9.17) is 4.52 Å². The molecular weight excluding hydrogens is 229 g/mol. The summed E-state index contributed by atoms with van der Waals surface area (Å²) in [7, 11) is 0. The van der Waals surface area contributed by atoms with E-state index in [-0.39, 0.29) is 11.4 Å². The maximum Gasteiger partial charge on any atom is 0.221 e. The van der Waals surface area contributed by atoms with Gasteiger partial charge in [-0.05, 0) is 16.9 Å². The summed E-state index contributed by atoms with van der Waals surface area (Å²) in [5.41, 5.74) is 0.453. The summed E-state index contributed by atoms with van der Waals surface area (Å²) >= 11 is 0. The average molecular weight is 248 g/mol. The van der Waals surface area contributed by atoms with Crippen LogP contribution in [0.2, 0.25) is 0 Å². The molecule has 1 heterocycles. The second-order valence-electron chi connectivity index (χ2n) is 4.78. The maximum absolute atomic E-state index is 13.7. The van der Waals surface area contributed by atoms with Crippen molar-refractivity contribution in [3.63, 3.8) is 0 Å². The maximum atomic E-state index is 13.7. The first kappa shape index (κ1) is 12.8. The van der Waals surface area contributed by atoms with E-state index in [0.29, 0.717) is 11.3 Å². The van der Waals surface area contributed by atoms with E-state index in [1.54, 1.807) is 12.1 Å². The fourth-order valence-corrected chi connectivity index (χ4v) is 1.95. The number of rotatable bonds is 4. The minimum atomic E-state index is -0.256. The van der Waals surface area contributed by atoms with E-state index in [9.17, 15) is 4.39 Å². The van der Waals surface area contributed by atoms with E-state index in [0.717, 1.165) is 12.8 Å². The van der Waals surface area contributed by atoms with Crippen LogP contribution in [0.1, 0.15) is 33.6 Å². The van der Waals surface area contributed by atoms with Gasteiger partial charge in [0.05, 0.1) is 11.6 Å². The zero-order valence-corrected chi connectivity index (χ0v) is 11.1. The van der Waals surface area contributed by atoms with Crippen molar-refractivity contribution in [1.29, 1.82) is 0 Å². The number of halogens is 1. The van der Waals surface area contributed by atoms with Crippen molar-refractivity contribution in [3.8, 4) is 11.3 Å². The molecule has 1 aromatic heterocycles. The van der Waals surface area contributed by atoms with E-state index in [1.165, 1.54) is 6.07 Å². The lowest BCUT2D eigenvalue weighted by molar-refractivity contribution is -0.911. The van der Waals surface area contributed by atoms with Crippen LogP contribution in [0.3, 0.4) is 0 Å². The molecule has 0 N–H and O–H groups in total. The van der Waals surface area contributed by atoms with Gasteiger partial charge in [-0.25, -0.2) is 8.91 Å². The third kappa shape index (κ3) is 2.17. The minimum absolute atomic E-state index is 0.0521. The molecule has 0 spiro atoms. The van der Waals surface area contributed by atoms with Crippen LogP contribution in [-0.2, 0) is 5.54 Å². The SMILES string of the molecule is CCC(C)(CC)[n+]1ccc(-c2ccccc2F)o1. The molecule has 0 fully saturated rings. The quantitative estimate of drug-likeness (QED) is 0.750. The molecule has 0 aliphatic carbocycles. The summed E-state index contributed by atoms with van der Waals surface area (Å²) in [5, 5.41) is 0. The number of hydrogen-bond donors (Lipinski definition) is 0. The smallest absolute Gasteiger partial charge is 0.221 e. The Morgan fingerprint density at radius 3 is 2.44 bits per heavy atom. The van der Waals surface area contributed by atoms with E-state index in [1.807, 2.05) is 23.1 Å². The molecule has 0 radical (unpaired) electrons. The molecule has 0 amide bonds. The molecule has 0 saturated heterocycles. The molecule has 0 atom stereocenters. The van der Waals surface area contributed by atoms with Crippen molar-refractivity contribution in [2.45, 2.75) is 39.2 Å². The van der Waals surface area contributed by atoms with Gasteiger partial charge in [0.1, 0.15) is 5.82 Å². The number of aromatic nitrogens is 1. The molecule has 96 valence electrons. The third-order valence-corrected chi connectivity index (χ3v) is 3.75. The molecule has 1 aromatic carbocycles. The Kier molecular flexibility index (Phi) is 3.50. The standard InChI is InChI=1S/C15H19FNO/c1-4-15(3,5-2)17-11-10-14(18-17)12-8-6-7-9-13(12)16/h6-11H,4-5H2,1-3H3/q+1. The van der Waals surface area contributed by atoms with Gasteiger partial charge >= 0.3 is 0 Å². The number of benzene rings is 1.